The molecule has 0 saturated carbocycles. The van der Waals surface area contributed by atoms with Crippen LogP contribution >= 0.6 is 0 Å². The van der Waals surface area contributed by atoms with Crippen LogP contribution in [0.3, 0.4) is 0 Å². The fraction of sp³-hybridized carbons (Fsp3) is 1.00. The summed E-state index contributed by atoms with van der Waals surface area (Å²) in [5, 5.41) is 0. The number of rotatable bonds is 3. The molecule has 0 bridgehead atoms. The third kappa shape index (κ3) is 11.2. The fourth-order valence-electron chi connectivity index (χ4n) is 0.344. The van der Waals surface area contributed by atoms with Gasteiger partial charge in [0.15, 0.2) is 0 Å². The minimum atomic E-state index is -0.145. The Kier molecular flexibility index (Phi) is 17.1. The van der Waals surface area contributed by atoms with Crippen LogP contribution in [0.5, 0.6) is 0 Å². The average Bonchev–Trinajstić information content (AvgIpc) is 1.61. The zero-order chi connectivity index (χ0) is 4.83. The molecule has 0 amide bonds. The molecular weight excluding hydrogens is 118 g/mol. The van der Waals surface area contributed by atoms with E-state index in [0.717, 1.165) is 19.3 Å². The van der Waals surface area contributed by atoms with Gasteiger partial charge in [-0.05, 0) is 6.42 Å². The van der Waals surface area contributed by atoms with Crippen LogP contribution in [0.4, 0.5) is 4.39 Å². The average molecular weight is 130 g/mol. The van der Waals surface area contributed by atoms with Gasteiger partial charge in [-0.15, -0.1) is 0 Å². The maximum Gasteiger partial charge on any atom is 1.00 e. The van der Waals surface area contributed by atoms with Gasteiger partial charge in [-0.3, -0.25) is 4.39 Å². The van der Waals surface area contributed by atoms with Crippen molar-refractivity contribution >= 4 is 0 Å². The number of unbranched alkanes of at least 4 members (excludes halogenated alkanes) is 2. The molecule has 0 unspecified atom stereocenters. The Morgan fingerprint density at radius 2 is 2.00 bits per heavy atom. The second kappa shape index (κ2) is 10.5. The number of hydrogen-bond donors (Lipinski definition) is 0. The van der Waals surface area contributed by atoms with Gasteiger partial charge in [0.1, 0.15) is 0 Å². The first-order chi connectivity index (χ1) is 2.91. The third-order valence-electron chi connectivity index (χ3n) is 0.737. The summed E-state index contributed by atoms with van der Waals surface area (Å²) in [5.41, 5.74) is 0. The molecule has 0 fully saturated rings. The standard InChI is InChI=1S/C5H11F.K.H/c1-2-3-4-5-6;;/h2-5H2,1H3;;/q;+1;-1. The fourth-order valence-corrected chi connectivity index (χ4v) is 0.344. The molecule has 0 aliphatic heterocycles. The van der Waals surface area contributed by atoms with Crippen molar-refractivity contribution in [2.24, 2.45) is 0 Å². The molecule has 0 spiro atoms. The first-order valence-corrected chi connectivity index (χ1v) is 2.47. The predicted octanol–water partition coefficient (Wildman–Crippen LogP) is -0.737. The van der Waals surface area contributed by atoms with Crippen molar-refractivity contribution in [1.82, 2.24) is 0 Å². The van der Waals surface area contributed by atoms with Crippen molar-refractivity contribution in [3.8, 4) is 0 Å². The van der Waals surface area contributed by atoms with E-state index in [-0.39, 0.29) is 59.5 Å². The van der Waals surface area contributed by atoms with E-state index in [1.807, 2.05) is 0 Å². The Labute approximate surface area is 88.8 Å². The molecule has 0 radical (unpaired) electrons. The third-order valence-corrected chi connectivity index (χ3v) is 0.737. The van der Waals surface area contributed by atoms with Crippen LogP contribution in [0.1, 0.15) is 27.6 Å². The number of hydrogen-bond acceptors (Lipinski definition) is 0. The summed E-state index contributed by atoms with van der Waals surface area (Å²) < 4.78 is 11.2. The van der Waals surface area contributed by atoms with Gasteiger partial charge < -0.3 is 1.43 Å². The monoisotopic (exact) mass is 130 g/mol. The van der Waals surface area contributed by atoms with Crippen LogP contribution in [0.25, 0.3) is 0 Å². The summed E-state index contributed by atoms with van der Waals surface area (Å²) in [5.74, 6) is 0. The summed E-state index contributed by atoms with van der Waals surface area (Å²) in [6.45, 7) is 1.92. The quantitative estimate of drug-likeness (QED) is 0.349. The summed E-state index contributed by atoms with van der Waals surface area (Å²) in [6, 6.07) is 0. The van der Waals surface area contributed by atoms with Crippen LogP contribution in [-0.4, -0.2) is 6.67 Å². The molecule has 0 rings (SSSR count). The first-order valence-electron chi connectivity index (χ1n) is 2.47. The second-order valence-electron chi connectivity index (χ2n) is 1.40. The maximum absolute atomic E-state index is 11.2. The molecule has 0 aromatic carbocycles. The molecule has 0 N–H and O–H groups in total. The van der Waals surface area contributed by atoms with Gasteiger partial charge >= 0.3 is 51.4 Å². The first kappa shape index (κ1) is 11.4. The molecule has 0 heterocycles. The normalized spacial score (nSPS) is 7.71. The zero-order valence-corrected chi connectivity index (χ0v) is 8.33. The van der Waals surface area contributed by atoms with E-state index in [2.05, 4.69) is 6.92 Å². The summed E-state index contributed by atoms with van der Waals surface area (Å²) in [4.78, 5) is 0. The van der Waals surface area contributed by atoms with Crippen LogP contribution < -0.4 is 51.4 Å². The van der Waals surface area contributed by atoms with Gasteiger partial charge in [0, 0.05) is 0 Å². The number of halogens is 1. The van der Waals surface area contributed by atoms with Gasteiger partial charge in [0.25, 0.3) is 0 Å². The van der Waals surface area contributed by atoms with Crippen molar-refractivity contribution in [2.75, 3.05) is 6.67 Å². The molecule has 0 aromatic heterocycles. The van der Waals surface area contributed by atoms with Gasteiger partial charge in [-0.25, -0.2) is 0 Å². The van der Waals surface area contributed by atoms with E-state index in [4.69, 9.17) is 0 Å². The molecule has 7 heavy (non-hydrogen) atoms. The van der Waals surface area contributed by atoms with Crippen LogP contribution in [0.2, 0.25) is 0 Å². The predicted molar refractivity (Wildman–Crippen MR) is 26.6 cm³/mol. The van der Waals surface area contributed by atoms with E-state index >= 15 is 0 Å². The van der Waals surface area contributed by atoms with Crippen molar-refractivity contribution in [1.29, 1.82) is 0 Å². The maximum atomic E-state index is 11.2. The summed E-state index contributed by atoms with van der Waals surface area (Å²) in [6.07, 6.45) is 2.90. The molecule has 0 atom stereocenters. The van der Waals surface area contributed by atoms with E-state index in [0.29, 0.717) is 0 Å². The Balaban J connectivity index is -0.000000125. The Bertz CT molecular complexity index is 24.4. The van der Waals surface area contributed by atoms with Gasteiger partial charge in [0.2, 0.25) is 0 Å². The van der Waals surface area contributed by atoms with Crippen molar-refractivity contribution in [2.45, 2.75) is 26.2 Å². The van der Waals surface area contributed by atoms with Gasteiger partial charge in [-0.2, -0.15) is 0 Å². The topological polar surface area (TPSA) is 0 Å². The van der Waals surface area contributed by atoms with Crippen molar-refractivity contribution < 1.29 is 57.2 Å². The van der Waals surface area contributed by atoms with Crippen LogP contribution in [0, 0.1) is 0 Å². The molecular formula is C5H12FK. The van der Waals surface area contributed by atoms with E-state index < -0.39 is 0 Å². The minimum absolute atomic E-state index is 0. The van der Waals surface area contributed by atoms with E-state index in [9.17, 15) is 4.39 Å². The van der Waals surface area contributed by atoms with Crippen molar-refractivity contribution in [3.63, 3.8) is 0 Å². The summed E-state index contributed by atoms with van der Waals surface area (Å²) in [7, 11) is 0. The number of alkyl halides is 1. The van der Waals surface area contributed by atoms with Crippen LogP contribution in [-0.2, 0) is 0 Å². The zero-order valence-electron chi connectivity index (χ0n) is 6.21. The van der Waals surface area contributed by atoms with E-state index in [1.165, 1.54) is 0 Å². The molecule has 0 nitrogen and oxygen atoms in total. The molecule has 0 aliphatic rings. The molecule has 40 valence electrons. The van der Waals surface area contributed by atoms with Gasteiger partial charge in [0.05, 0.1) is 6.67 Å². The van der Waals surface area contributed by atoms with Crippen molar-refractivity contribution in [3.05, 3.63) is 0 Å². The summed E-state index contributed by atoms with van der Waals surface area (Å²) >= 11 is 0. The Morgan fingerprint density at radius 3 is 2.14 bits per heavy atom. The van der Waals surface area contributed by atoms with Gasteiger partial charge in [-0.1, -0.05) is 19.8 Å². The molecule has 0 saturated heterocycles. The second-order valence-corrected chi connectivity index (χ2v) is 1.40. The smallest absolute Gasteiger partial charge is 1.00 e. The molecule has 0 aliphatic carbocycles. The SMILES string of the molecule is CCCCCF.[H-].[K+]. The minimum Gasteiger partial charge on any atom is -1.00 e. The van der Waals surface area contributed by atoms with E-state index in [1.54, 1.807) is 0 Å². The van der Waals surface area contributed by atoms with Crippen LogP contribution in [0.15, 0.2) is 0 Å². The Morgan fingerprint density at radius 1 is 1.43 bits per heavy atom. The molecule has 2 heteroatoms. The largest absolute Gasteiger partial charge is 1.00 e. The Hall–Kier alpha value is 1.57. The molecule has 0 aromatic rings.